The van der Waals surface area contributed by atoms with Crippen LogP contribution in [0.5, 0.6) is 5.75 Å². The van der Waals surface area contributed by atoms with Crippen molar-refractivity contribution in [1.29, 1.82) is 0 Å². The highest BCUT2D eigenvalue weighted by molar-refractivity contribution is 5.44. The normalized spacial score (nSPS) is 22.9. The minimum Gasteiger partial charge on any atom is -0.494 e. The molecule has 2 unspecified atom stereocenters. The van der Waals surface area contributed by atoms with Crippen molar-refractivity contribution in [2.75, 3.05) is 26.7 Å². The maximum atomic E-state index is 14.1. The average molecular weight is 325 g/mol. The van der Waals surface area contributed by atoms with Crippen LogP contribution < -0.4 is 4.74 Å². The maximum absolute atomic E-state index is 14.1. The predicted octanol–water partition coefficient (Wildman–Crippen LogP) is 4.04. The number of methoxy groups -OCH3 is 1. The van der Waals surface area contributed by atoms with E-state index in [0.29, 0.717) is 17.6 Å². The van der Waals surface area contributed by atoms with Crippen LogP contribution in [0.3, 0.4) is 0 Å². The lowest BCUT2D eigenvalue weighted by Crippen LogP contribution is -2.41. The lowest BCUT2D eigenvalue weighted by molar-refractivity contribution is 0.145. The van der Waals surface area contributed by atoms with Gasteiger partial charge in [-0.3, -0.25) is 0 Å². The number of hydrogen-bond acceptors (Lipinski definition) is 2. The van der Waals surface area contributed by atoms with E-state index in [1.165, 1.54) is 36.2 Å². The highest BCUT2D eigenvalue weighted by Gasteiger charge is 2.35. The van der Waals surface area contributed by atoms with Gasteiger partial charge in [0.2, 0.25) is 0 Å². The molecule has 1 aliphatic heterocycles. The molecule has 0 spiro atoms. The van der Waals surface area contributed by atoms with E-state index in [0.717, 1.165) is 19.4 Å². The standard InChI is InChI=1S/C21H24FNO/c1-24-21-13-19-16(12-20(21)22)11-17(14-23-8-5-9-23)18(19)10-15-6-3-2-4-7-15/h2-4,6-7,12-13,17-18H,5,8-11,14H2,1H3. The molecule has 0 N–H and O–H groups in total. The third-order valence-corrected chi connectivity index (χ3v) is 5.60. The van der Waals surface area contributed by atoms with E-state index in [4.69, 9.17) is 4.74 Å². The SMILES string of the molecule is COc1cc2c(cc1F)CC(CN1CCC1)C2Cc1ccccc1. The lowest BCUT2D eigenvalue weighted by atomic mass is 9.86. The Bertz CT molecular complexity index is 711. The molecule has 24 heavy (non-hydrogen) atoms. The highest BCUT2D eigenvalue weighted by Crippen LogP contribution is 2.43. The average Bonchev–Trinajstić information content (AvgIpc) is 2.87. The van der Waals surface area contributed by atoms with Crippen molar-refractivity contribution < 1.29 is 9.13 Å². The molecule has 0 bridgehead atoms. The Morgan fingerprint density at radius 2 is 1.96 bits per heavy atom. The van der Waals surface area contributed by atoms with Gasteiger partial charge in [0.1, 0.15) is 0 Å². The molecular formula is C21H24FNO. The molecule has 0 radical (unpaired) electrons. The molecule has 1 saturated heterocycles. The van der Waals surface area contributed by atoms with Crippen LogP contribution in [0.15, 0.2) is 42.5 Å². The molecule has 2 aromatic rings. The van der Waals surface area contributed by atoms with Gasteiger partial charge in [0.15, 0.2) is 11.6 Å². The summed E-state index contributed by atoms with van der Waals surface area (Å²) in [6.07, 6.45) is 3.30. The Labute approximate surface area is 143 Å². The van der Waals surface area contributed by atoms with Crippen LogP contribution in [0.2, 0.25) is 0 Å². The zero-order chi connectivity index (χ0) is 16.5. The van der Waals surface area contributed by atoms with Crippen LogP contribution in [0, 0.1) is 11.7 Å². The van der Waals surface area contributed by atoms with E-state index in [1.807, 2.05) is 6.07 Å². The second-order valence-electron chi connectivity index (χ2n) is 7.10. The number of likely N-dealkylation sites (tertiary alicyclic amines) is 1. The third-order valence-electron chi connectivity index (χ3n) is 5.60. The quantitative estimate of drug-likeness (QED) is 0.823. The fourth-order valence-corrected chi connectivity index (χ4v) is 4.20. The van der Waals surface area contributed by atoms with Crippen LogP contribution in [-0.4, -0.2) is 31.6 Å². The zero-order valence-electron chi connectivity index (χ0n) is 14.2. The van der Waals surface area contributed by atoms with E-state index in [9.17, 15) is 4.39 Å². The van der Waals surface area contributed by atoms with Crippen molar-refractivity contribution in [3.63, 3.8) is 0 Å². The fraction of sp³-hybridized carbons (Fsp3) is 0.429. The van der Waals surface area contributed by atoms with Crippen LogP contribution in [0.4, 0.5) is 4.39 Å². The molecule has 1 heterocycles. The van der Waals surface area contributed by atoms with Gasteiger partial charge in [-0.15, -0.1) is 0 Å². The van der Waals surface area contributed by atoms with E-state index in [1.54, 1.807) is 13.2 Å². The molecule has 2 atom stereocenters. The maximum Gasteiger partial charge on any atom is 0.165 e. The van der Waals surface area contributed by atoms with Gasteiger partial charge in [-0.25, -0.2) is 4.39 Å². The summed E-state index contributed by atoms with van der Waals surface area (Å²) in [4.78, 5) is 2.53. The summed E-state index contributed by atoms with van der Waals surface area (Å²) in [6, 6.07) is 14.3. The van der Waals surface area contributed by atoms with E-state index < -0.39 is 0 Å². The smallest absolute Gasteiger partial charge is 0.165 e. The molecule has 0 aromatic heterocycles. The number of ether oxygens (including phenoxy) is 1. The predicted molar refractivity (Wildman–Crippen MR) is 94.1 cm³/mol. The Hall–Kier alpha value is -1.87. The van der Waals surface area contributed by atoms with Gasteiger partial charge in [-0.2, -0.15) is 0 Å². The second-order valence-corrected chi connectivity index (χ2v) is 7.10. The number of benzene rings is 2. The molecular weight excluding hydrogens is 301 g/mol. The first-order chi connectivity index (χ1) is 11.7. The number of fused-ring (bicyclic) bond motifs is 1. The van der Waals surface area contributed by atoms with Gasteiger partial charge in [-0.1, -0.05) is 30.3 Å². The van der Waals surface area contributed by atoms with Crippen molar-refractivity contribution in [2.45, 2.75) is 25.2 Å². The first-order valence-corrected chi connectivity index (χ1v) is 8.87. The summed E-state index contributed by atoms with van der Waals surface area (Å²) >= 11 is 0. The lowest BCUT2D eigenvalue weighted by Gasteiger charge is -2.35. The molecule has 1 aliphatic carbocycles. The second kappa shape index (κ2) is 6.56. The molecule has 126 valence electrons. The van der Waals surface area contributed by atoms with Crippen LogP contribution in [-0.2, 0) is 12.8 Å². The minimum atomic E-state index is -0.237. The summed E-state index contributed by atoms with van der Waals surface area (Å²) in [5, 5.41) is 0. The zero-order valence-corrected chi connectivity index (χ0v) is 14.2. The molecule has 0 amide bonds. The Balaban J connectivity index is 1.65. The van der Waals surface area contributed by atoms with E-state index in [2.05, 4.69) is 35.2 Å². The van der Waals surface area contributed by atoms with Crippen molar-refractivity contribution in [2.24, 2.45) is 5.92 Å². The molecule has 0 saturated carbocycles. The van der Waals surface area contributed by atoms with Crippen molar-refractivity contribution in [3.05, 3.63) is 65.0 Å². The minimum absolute atomic E-state index is 0.237. The summed E-state index contributed by atoms with van der Waals surface area (Å²) in [5.41, 5.74) is 3.80. The topological polar surface area (TPSA) is 12.5 Å². The highest BCUT2D eigenvalue weighted by atomic mass is 19.1. The molecule has 3 heteroatoms. The van der Waals surface area contributed by atoms with Gasteiger partial charge in [0.25, 0.3) is 0 Å². The van der Waals surface area contributed by atoms with Gasteiger partial charge in [-0.05, 0) is 73.0 Å². The summed E-state index contributed by atoms with van der Waals surface area (Å²) in [6.45, 7) is 3.54. The van der Waals surface area contributed by atoms with Crippen molar-refractivity contribution in [3.8, 4) is 5.75 Å². The number of halogens is 1. The Morgan fingerprint density at radius 1 is 1.17 bits per heavy atom. The Morgan fingerprint density at radius 3 is 2.62 bits per heavy atom. The Kier molecular flexibility index (Phi) is 4.28. The molecule has 1 fully saturated rings. The summed E-state index contributed by atoms with van der Waals surface area (Å²) in [5.74, 6) is 1.14. The number of rotatable bonds is 5. The van der Waals surface area contributed by atoms with Gasteiger partial charge < -0.3 is 9.64 Å². The molecule has 2 aliphatic rings. The third kappa shape index (κ3) is 2.93. The number of hydrogen-bond donors (Lipinski definition) is 0. The van der Waals surface area contributed by atoms with E-state index in [-0.39, 0.29) is 5.82 Å². The van der Waals surface area contributed by atoms with Crippen molar-refractivity contribution >= 4 is 0 Å². The molecule has 2 aromatic carbocycles. The van der Waals surface area contributed by atoms with E-state index >= 15 is 0 Å². The van der Waals surface area contributed by atoms with Crippen LogP contribution >= 0.6 is 0 Å². The monoisotopic (exact) mass is 325 g/mol. The van der Waals surface area contributed by atoms with Gasteiger partial charge >= 0.3 is 0 Å². The van der Waals surface area contributed by atoms with Gasteiger partial charge in [0.05, 0.1) is 7.11 Å². The summed E-state index contributed by atoms with van der Waals surface area (Å²) in [7, 11) is 1.55. The first-order valence-electron chi connectivity index (χ1n) is 8.87. The molecule has 4 rings (SSSR count). The first kappa shape index (κ1) is 15.6. The van der Waals surface area contributed by atoms with Gasteiger partial charge in [0, 0.05) is 6.54 Å². The largest absolute Gasteiger partial charge is 0.494 e. The van der Waals surface area contributed by atoms with Crippen LogP contribution in [0.25, 0.3) is 0 Å². The fourth-order valence-electron chi connectivity index (χ4n) is 4.20. The molecule has 2 nitrogen and oxygen atoms in total. The van der Waals surface area contributed by atoms with Crippen LogP contribution in [0.1, 0.15) is 29.0 Å². The number of nitrogens with zero attached hydrogens (tertiary/aromatic N) is 1. The summed E-state index contributed by atoms with van der Waals surface area (Å²) < 4.78 is 19.4. The van der Waals surface area contributed by atoms with Crippen molar-refractivity contribution in [1.82, 2.24) is 4.90 Å².